The number of nitrogens with one attached hydrogen (secondary N) is 1. The summed E-state index contributed by atoms with van der Waals surface area (Å²) < 4.78 is 16.0. The molecule has 206 valence electrons. The standard InChI is InChI=1S/C31H33Cl2NO5/c1-8-20(18-25(31(36)39-7)34-30(35)29(23(32)9-2)24(33)10-3)17-21-14-15-22(16-19(21)4)28-26(37-5)12-11-13-27(28)38-6/h8-17,25H,2,4,18H2,1,3,5-7H3,(H,34,35)/b20-8+,21-17-,24-10+,29-23-. The minimum Gasteiger partial charge on any atom is -0.496 e. The van der Waals surface area contributed by atoms with Crippen LogP contribution in [0.4, 0.5) is 0 Å². The van der Waals surface area contributed by atoms with Crippen molar-refractivity contribution in [3.63, 3.8) is 0 Å². The second-order valence-electron chi connectivity index (χ2n) is 8.28. The molecule has 1 amide bonds. The maximum absolute atomic E-state index is 13.0. The third-order valence-electron chi connectivity index (χ3n) is 5.94. The predicted octanol–water partition coefficient (Wildman–Crippen LogP) is 5.38. The number of allylic oxidation sites excluding steroid dienone is 4. The van der Waals surface area contributed by atoms with Crippen molar-refractivity contribution in [1.82, 2.24) is 5.32 Å². The molecule has 6 nitrogen and oxygen atoms in total. The summed E-state index contributed by atoms with van der Waals surface area (Å²) in [6.45, 7) is 11.3. The fourth-order valence-electron chi connectivity index (χ4n) is 3.88. The predicted molar refractivity (Wildman–Crippen MR) is 159 cm³/mol. The normalized spacial score (nSPS) is 13.8. The third-order valence-corrected chi connectivity index (χ3v) is 6.69. The van der Waals surface area contributed by atoms with Crippen molar-refractivity contribution in [3.05, 3.63) is 92.9 Å². The molecule has 0 aromatic heterocycles. The summed E-state index contributed by atoms with van der Waals surface area (Å²) in [5.74, 6) is 0.121. The number of carbonyl (C=O) groups excluding carboxylic acids is 2. The molecule has 8 heteroatoms. The number of amides is 1. The van der Waals surface area contributed by atoms with Crippen LogP contribution in [0.5, 0.6) is 11.5 Å². The Bertz CT molecular complexity index is 1420. The van der Waals surface area contributed by atoms with Crippen LogP contribution in [0.1, 0.15) is 20.3 Å². The van der Waals surface area contributed by atoms with Gasteiger partial charge in [0.05, 0.1) is 42.5 Å². The lowest BCUT2D eigenvalue weighted by molar-refractivity contribution is -0.144. The highest BCUT2D eigenvalue weighted by Crippen LogP contribution is 2.37. The molecule has 0 aliphatic carbocycles. The average Bonchev–Trinajstić information content (AvgIpc) is 2.95. The third kappa shape index (κ3) is 7.88. The Morgan fingerprint density at radius 3 is 2.15 bits per heavy atom. The van der Waals surface area contributed by atoms with Crippen molar-refractivity contribution in [3.8, 4) is 22.6 Å². The van der Waals surface area contributed by atoms with Gasteiger partial charge >= 0.3 is 5.97 Å². The summed E-state index contributed by atoms with van der Waals surface area (Å²) in [5.41, 5.74) is 2.49. The van der Waals surface area contributed by atoms with Gasteiger partial charge in [0.2, 0.25) is 0 Å². The Labute approximate surface area is 239 Å². The van der Waals surface area contributed by atoms with Crippen molar-refractivity contribution in [2.75, 3.05) is 21.3 Å². The van der Waals surface area contributed by atoms with Crippen LogP contribution in [0.3, 0.4) is 0 Å². The molecule has 0 fully saturated rings. The lowest BCUT2D eigenvalue weighted by Crippen LogP contribution is -2.42. The van der Waals surface area contributed by atoms with Gasteiger partial charge in [0.1, 0.15) is 17.5 Å². The van der Waals surface area contributed by atoms with Gasteiger partial charge in [0.25, 0.3) is 5.91 Å². The number of rotatable bonds is 11. The van der Waals surface area contributed by atoms with Crippen LogP contribution in [-0.4, -0.2) is 39.2 Å². The quantitative estimate of drug-likeness (QED) is 0.223. The zero-order valence-electron chi connectivity index (χ0n) is 22.8. The Morgan fingerprint density at radius 2 is 1.67 bits per heavy atom. The van der Waals surface area contributed by atoms with Gasteiger partial charge in [0, 0.05) is 6.42 Å². The zero-order valence-corrected chi connectivity index (χ0v) is 24.3. The van der Waals surface area contributed by atoms with Gasteiger partial charge in [-0.3, -0.25) is 4.79 Å². The molecule has 0 bridgehead atoms. The van der Waals surface area contributed by atoms with Gasteiger partial charge in [0.15, 0.2) is 0 Å². The number of halogens is 2. The summed E-state index contributed by atoms with van der Waals surface area (Å²) in [6.07, 6.45) is 6.75. The average molecular weight is 571 g/mol. The first-order valence-electron chi connectivity index (χ1n) is 12.1. The van der Waals surface area contributed by atoms with E-state index < -0.39 is 17.9 Å². The molecule has 0 radical (unpaired) electrons. The molecule has 1 N–H and O–H groups in total. The lowest BCUT2D eigenvalue weighted by atomic mass is 9.99. The van der Waals surface area contributed by atoms with Gasteiger partial charge in [-0.1, -0.05) is 72.8 Å². The van der Waals surface area contributed by atoms with Crippen molar-refractivity contribution in [2.45, 2.75) is 26.3 Å². The van der Waals surface area contributed by atoms with Crippen molar-refractivity contribution >= 4 is 47.7 Å². The molecule has 39 heavy (non-hydrogen) atoms. The van der Waals surface area contributed by atoms with E-state index in [4.69, 9.17) is 37.4 Å². The fraction of sp³-hybridized carbons (Fsp3) is 0.226. The second-order valence-corrected chi connectivity index (χ2v) is 9.09. The Kier molecular flexibility index (Phi) is 12.1. The van der Waals surface area contributed by atoms with E-state index >= 15 is 0 Å². The van der Waals surface area contributed by atoms with Crippen LogP contribution in [0.25, 0.3) is 23.8 Å². The monoisotopic (exact) mass is 569 g/mol. The van der Waals surface area contributed by atoms with Crippen LogP contribution in [0.2, 0.25) is 0 Å². The number of hydrogen-bond donors (Lipinski definition) is 1. The molecule has 1 unspecified atom stereocenters. The van der Waals surface area contributed by atoms with E-state index in [2.05, 4.69) is 18.5 Å². The van der Waals surface area contributed by atoms with Crippen LogP contribution < -0.4 is 25.2 Å². The first-order valence-corrected chi connectivity index (χ1v) is 12.8. The highest BCUT2D eigenvalue weighted by Gasteiger charge is 2.26. The van der Waals surface area contributed by atoms with Gasteiger partial charge in [-0.25, -0.2) is 4.79 Å². The summed E-state index contributed by atoms with van der Waals surface area (Å²) in [4.78, 5) is 25.7. The highest BCUT2D eigenvalue weighted by molar-refractivity contribution is 6.40. The second kappa shape index (κ2) is 15.0. The summed E-state index contributed by atoms with van der Waals surface area (Å²) in [5, 5.41) is 4.47. The molecule has 0 saturated carbocycles. The largest absolute Gasteiger partial charge is 0.496 e. The molecule has 2 rings (SSSR count). The molecule has 2 aromatic rings. The SMILES string of the molecule is C=C/C(Cl)=C(C(=O)NC(CC(=C/C)/C=c1/ccc(-c2c(OC)cccc2OC)cc1=C)C(=O)OC)\C(Cl)=C/C. The Hall–Kier alpha value is -3.74. The van der Waals surface area contributed by atoms with E-state index in [1.54, 1.807) is 21.1 Å². The molecule has 2 aromatic carbocycles. The van der Waals surface area contributed by atoms with Crippen LogP contribution in [0, 0.1) is 0 Å². The van der Waals surface area contributed by atoms with Crippen LogP contribution >= 0.6 is 23.2 Å². The van der Waals surface area contributed by atoms with Crippen molar-refractivity contribution in [2.24, 2.45) is 0 Å². The maximum atomic E-state index is 13.0. The van der Waals surface area contributed by atoms with Gasteiger partial charge < -0.3 is 19.5 Å². The molecule has 0 spiro atoms. The Morgan fingerprint density at radius 1 is 1.03 bits per heavy atom. The molecule has 1 atom stereocenters. The summed E-state index contributed by atoms with van der Waals surface area (Å²) >= 11 is 12.4. The van der Waals surface area contributed by atoms with E-state index in [1.165, 1.54) is 19.3 Å². The fourth-order valence-corrected chi connectivity index (χ4v) is 4.30. The zero-order chi connectivity index (χ0) is 29.1. The number of carbonyl (C=O) groups is 2. The smallest absolute Gasteiger partial charge is 0.328 e. The molecule has 0 aliphatic rings. The maximum Gasteiger partial charge on any atom is 0.328 e. The molecular formula is C31H33Cl2NO5. The highest BCUT2D eigenvalue weighted by atomic mass is 35.5. The molecule has 0 saturated heterocycles. The van der Waals surface area contributed by atoms with Crippen molar-refractivity contribution in [1.29, 1.82) is 0 Å². The lowest BCUT2D eigenvalue weighted by Gasteiger charge is -2.18. The number of benzene rings is 2. The molecule has 0 aliphatic heterocycles. The number of esters is 1. The summed E-state index contributed by atoms with van der Waals surface area (Å²) in [6, 6.07) is 10.4. The van der Waals surface area contributed by atoms with E-state index in [1.807, 2.05) is 55.5 Å². The Balaban J connectivity index is 2.45. The number of ether oxygens (including phenoxy) is 3. The van der Waals surface area contributed by atoms with Gasteiger partial charge in [-0.2, -0.15) is 0 Å². The van der Waals surface area contributed by atoms with Crippen molar-refractivity contribution < 1.29 is 23.8 Å². The summed E-state index contributed by atoms with van der Waals surface area (Å²) in [7, 11) is 4.47. The van der Waals surface area contributed by atoms with E-state index in [9.17, 15) is 9.59 Å². The molecular weight excluding hydrogens is 537 g/mol. The number of hydrogen-bond acceptors (Lipinski definition) is 5. The minimum absolute atomic E-state index is 0.0122. The van der Waals surface area contributed by atoms with Crippen LogP contribution in [-0.2, 0) is 14.3 Å². The van der Waals surface area contributed by atoms with Gasteiger partial charge in [-0.05, 0) is 59.7 Å². The van der Waals surface area contributed by atoms with Crippen LogP contribution in [0.15, 0.2) is 82.4 Å². The topological polar surface area (TPSA) is 73.9 Å². The first-order chi connectivity index (χ1) is 18.6. The van der Waals surface area contributed by atoms with E-state index in [0.29, 0.717) is 11.5 Å². The molecule has 0 heterocycles. The number of methoxy groups -OCH3 is 3. The van der Waals surface area contributed by atoms with Gasteiger partial charge in [-0.15, -0.1) is 0 Å². The van der Waals surface area contributed by atoms with E-state index in [-0.39, 0.29) is 22.1 Å². The first kappa shape index (κ1) is 31.5. The van der Waals surface area contributed by atoms with E-state index in [0.717, 1.165) is 27.1 Å². The minimum atomic E-state index is -0.999.